The minimum Gasteiger partial charge on any atom is -0.493 e. The van der Waals surface area contributed by atoms with E-state index in [0.29, 0.717) is 29.7 Å². The number of methoxy groups -OCH3 is 2. The second kappa shape index (κ2) is 9.27. The molecule has 0 radical (unpaired) electrons. The third-order valence-electron chi connectivity index (χ3n) is 5.23. The number of imidazole rings is 1. The summed E-state index contributed by atoms with van der Waals surface area (Å²) in [7, 11) is 3.17. The Bertz CT molecular complexity index is 1320. The van der Waals surface area contributed by atoms with Gasteiger partial charge in [-0.25, -0.2) is 9.78 Å². The average molecular weight is 453 g/mol. The Kier molecular flexibility index (Phi) is 6.27. The molecule has 0 saturated heterocycles. The second-order valence-corrected chi connectivity index (χ2v) is 7.93. The zero-order valence-electron chi connectivity index (χ0n) is 18.1. The van der Waals surface area contributed by atoms with Crippen LogP contribution in [0.25, 0.3) is 22.3 Å². The molecule has 0 atom stereocenters. The molecule has 0 unspecified atom stereocenters. The van der Waals surface area contributed by atoms with Gasteiger partial charge in [-0.05, 0) is 37.3 Å². The van der Waals surface area contributed by atoms with Crippen molar-refractivity contribution >= 4 is 33.4 Å². The first-order valence-corrected chi connectivity index (χ1v) is 11.1. The molecule has 8 nitrogen and oxygen atoms in total. The normalized spacial score (nSPS) is 11.0. The minimum atomic E-state index is -0.196. The van der Waals surface area contributed by atoms with Gasteiger partial charge in [-0.2, -0.15) is 0 Å². The fourth-order valence-electron chi connectivity index (χ4n) is 3.65. The molecule has 32 heavy (non-hydrogen) atoms. The van der Waals surface area contributed by atoms with Crippen molar-refractivity contribution < 1.29 is 14.3 Å². The Hall–Kier alpha value is -3.59. The van der Waals surface area contributed by atoms with E-state index >= 15 is 0 Å². The van der Waals surface area contributed by atoms with Crippen molar-refractivity contribution in [1.82, 2.24) is 14.1 Å². The van der Waals surface area contributed by atoms with Crippen molar-refractivity contribution in [3.05, 3.63) is 58.3 Å². The van der Waals surface area contributed by atoms with Crippen molar-refractivity contribution in [2.75, 3.05) is 19.5 Å². The van der Waals surface area contributed by atoms with E-state index in [0.717, 1.165) is 22.3 Å². The van der Waals surface area contributed by atoms with E-state index in [2.05, 4.69) is 10.3 Å². The number of thiazole rings is 1. The Morgan fingerprint density at radius 1 is 1.06 bits per heavy atom. The summed E-state index contributed by atoms with van der Waals surface area (Å²) in [6.07, 6.45) is 0.170. The second-order valence-electron chi connectivity index (χ2n) is 7.07. The van der Waals surface area contributed by atoms with Gasteiger partial charge in [-0.1, -0.05) is 12.1 Å². The van der Waals surface area contributed by atoms with Crippen molar-refractivity contribution in [1.29, 1.82) is 0 Å². The van der Waals surface area contributed by atoms with Gasteiger partial charge in [0.25, 0.3) is 0 Å². The Labute approximate surface area is 189 Å². The van der Waals surface area contributed by atoms with Gasteiger partial charge >= 0.3 is 5.69 Å². The highest BCUT2D eigenvalue weighted by molar-refractivity contribution is 7.14. The largest absolute Gasteiger partial charge is 0.493 e. The molecule has 0 aliphatic rings. The summed E-state index contributed by atoms with van der Waals surface area (Å²) < 4.78 is 14.0. The predicted molar refractivity (Wildman–Crippen MR) is 126 cm³/mol. The fraction of sp³-hybridized carbons (Fsp3) is 0.261. The molecule has 1 amide bonds. The highest BCUT2D eigenvalue weighted by Gasteiger charge is 2.14. The van der Waals surface area contributed by atoms with Gasteiger partial charge in [0.15, 0.2) is 16.6 Å². The first kappa shape index (κ1) is 21.6. The molecule has 166 valence electrons. The van der Waals surface area contributed by atoms with E-state index < -0.39 is 0 Å². The molecule has 0 fully saturated rings. The molecule has 0 aliphatic carbocycles. The third-order valence-corrected chi connectivity index (χ3v) is 5.99. The number of fused-ring (bicyclic) bond motifs is 1. The summed E-state index contributed by atoms with van der Waals surface area (Å²) in [5, 5.41) is 5.21. The average Bonchev–Trinajstić information content (AvgIpc) is 3.38. The van der Waals surface area contributed by atoms with Crippen LogP contribution < -0.4 is 20.5 Å². The number of nitrogens with one attached hydrogen (secondary N) is 1. The number of rotatable bonds is 8. The topological polar surface area (TPSA) is 87.4 Å². The van der Waals surface area contributed by atoms with Crippen molar-refractivity contribution in [3.63, 3.8) is 0 Å². The Morgan fingerprint density at radius 3 is 2.47 bits per heavy atom. The number of carbonyl (C=O) groups excluding carboxylic acids is 1. The standard InChI is InChI=1S/C23H24N4O4S/c1-4-26-17-7-5-6-8-18(17)27(23(26)29)12-11-21(28)25-22-24-16(14-32-22)15-9-10-19(30-2)20(13-15)31-3/h5-10,13-14H,4,11-12H2,1-3H3,(H,24,25,28). The van der Waals surface area contributed by atoms with Gasteiger partial charge in [0.1, 0.15) is 0 Å². The van der Waals surface area contributed by atoms with Crippen LogP contribution in [0.5, 0.6) is 11.5 Å². The van der Waals surface area contributed by atoms with Gasteiger partial charge in [0.2, 0.25) is 5.91 Å². The van der Waals surface area contributed by atoms with Crippen LogP contribution in [0, 0.1) is 0 Å². The molecular weight excluding hydrogens is 428 g/mol. The molecule has 2 heterocycles. The SMILES string of the molecule is CCn1c(=O)n(CCC(=O)Nc2nc(-c3ccc(OC)c(OC)c3)cs2)c2ccccc21. The van der Waals surface area contributed by atoms with Gasteiger partial charge in [-0.15, -0.1) is 11.3 Å². The van der Waals surface area contributed by atoms with Crippen LogP contribution in [0.1, 0.15) is 13.3 Å². The zero-order valence-corrected chi connectivity index (χ0v) is 18.9. The van der Waals surface area contributed by atoms with E-state index in [1.165, 1.54) is 11.3 Å². The van der Waals surface area contributed by atoms with E-state index in [1.54, 1.807) is 23.4 Å². The number of aromatic nitrogens is 3. The summed E-state index contributed by atoms with van der Waals surface area (Å²) >= 11 is 1.34. The van der Waals surface area contributed by atoms with Crippen LogP contribution >= 0.6 is 11.3 Å². The third kappa shape index (κ3) is 4.11. The Balaban J connectivity index is 1.45. The van der Waals surface area contributed by atoms with E-state index in [9.17, 15) is 9.59 Å². The lowest BCUT2D eigenvalue weighted by Crippen LogP contribution is -2.25. The van der Waals surface area contributed by atoms with Gasteiger partial charge in [0.05, 0.1) is 30.9 Å². The van der Waals surface area contributed by atoms with Crippen molar-refractivity contribution in [2.45, 2.75) is 26.4 Å². The van der Waals surface area contributed by atoms with Crippen LogP contribution in [-0.2, 0) is 17.9 Å². The number of nitrogens with zero attached hydrogens (tertiary/aromatic N) is 3. The molecule has 0 spiro atoms. The van der Waals surface area contributed by atoms with E-state index in [1.807, 2.05) is 54.8 Å². The lowest BCUT2D eigenvalue weighted by atomic mass is 10.1. The fourth-order valence-corrected chi connectivity index (χ4v) is 4.38. The molecule has 9 heteroatoms. The number of aryl methyl sites for hydroxylation is 2. The summed E-state index contributed by atoms with van der Waals surface area (Å²) in [5.74, 6) is 1.05. The smallest absolute Gasteiger partial charge is 0.329 e. The van der Waals surface area contributed by atoms with Crippen LogP contribution in [0.4, 0.5) is 5.13 Å². The van der Waals surface area contributed by atoms with Crippen molar-refractivity contribution in [3.8, 4) is 22.8 Å². The minimum absolute atomic E-state index is 0.105. The summed E-state index contributed by atoms with van der Waals surface area (Å²) in [6, 6.07) is 13.2. The zero-order chi connectivity index (χ0) is 22.7. The first-order chi connectivity index (χ1) is 15.5. The number of para-hydroxylation sites is 2. The van der Waals surface area contributed by atoms with Gasteiger partial charge < -0.3 is 14.8 Å². The molecule has 0 saturated carbocycles. The number of hydrogen-bond acceptors (Lipinski definition) is 6. The van der Waals surface area contributed by atoms with Gasteiger partial charge in [-0.3, -0.25) is 13.9 Å². The number of carbonyl (C=O) groups is 1. The van der Waals surface area contributed by atoms with Crippen LogP contribution in [0.15, 0.2) is 52.6 Å². The molecule has 0 bridgehead atoms. The highest BCUT2D eigenvalue weighted by Crippen LogP contribution is 2.33. The molecule has 2 aromatic heterocycles. The molecule has 2 aromatic carbocycles. The van der Waals surface area contributed by atoms with Crippen LogP contribution in [0.2, 0.25) is 0 Å². The lowest BCUT2D eigenvalue weighted by molar-refractivity contribution is -0.116. The maximum atomic E-state index is 12.7. The Morgan fingerprint density at radius 2 is 1.78 bits per heavy atom. The van der Waals surface area contributed by atoms with Crippen molar-refractivity contribution in [2.24, 2.45) is 0 Å². The van der Waals surface area contributed by atoms with Crippen LogP contribution in [-0.4, -0.2) is 34.2 Å². The van der Waals surface area contributed by atoms with Crippen LogP contribution in [0.3, 0.4) is 0 Å². The monoisotopic (exact) mass is 452 g/mol. The number of ether oxygens (including phenoxy) is 2. The summed E-state index contributed by atoms with van der Waals surface area (Å²) in [5.41, 5.74) is 3.19. The molecule has 4 rings (SSSR count). The number of anilines is 1. The van der Waals surface area contributed by atoms with E-state index in [4.69, 9.17) is 9.47 Å². The maximum Gasteiger partial charge on any atom is 0.329 e. The highest BCUT2D eigenvalue weighted by atomic mass is 32.1. The molecule has 0 aliphatic heterocycles. The van der Waals surface area contributed by atoms with Gasteiger partial charge in [0, 0.05) is 30.5 Å². The lowest BCUT2D eigenvalue weighted by Gasteiger charge is -2.08. The predicted octanol–water partition coefficient (Wildman–Crippen LogP) is 3.99. The number of hydrogen-bond donors (Lipinski definition) is 1. The maximum absolute atomic E-state index is 12.7. The molecular formula is C23H24N4O4S. The molecule has 4 aromatic rings. The summed E-state index contributed by atoms with van der Waals surface area (Å²) in [6.45, 7) is 2.81. The first-order valence-electron chi connectivity index (χ1n) is 10.2. The van der Waals surface area contributed by atoms with E-state index in [-0.39, 0.29) is 18.0 Å². The number of benzene rings is 2. The summed E-state index contributed by atoms with van der Waals surface area (Å²) in [4.78, 5) is 29.8. The molecule has 1 N–H and O–H groups in total. The quantitative estimate of drug-likeness (QED) is 0.437. The number of amides is 1.